The van der Waals surface area contributed by atoms with Gasteiger partial charge in [-0.3, -0.25) is 0 Å². The summed E-state index contributed by atoms with van der Waals surface area (Å²) in [6.45, 7) is -2.02. The first-order chi connectivity index (χ1) is 36.3. The second kappa shape index (κ2) is 17.8. The number of carboxylic acids is 8. The highest BCUT2D eigenvalue weighted by Gasteiger charge is 2.50. The molecule has 0 saturated carbocycles. The minimum atomic E-state index is -1.51. The Labute approximate surface area is 426 Å². The molecular weight excluding hydrogens is 993 g/mol. The van der Waals surface area contributed by atoms with Crippen molar-refractivity contribution in [3.05, 3.63) is 208 Å². The summed E-state index contributed by atoms with van der Waals surface area (Å²) in [4.78, 5) is 103. The fourth-order valence-electron chi connectivity index (χ4n) is 11.4. The summed E-state index contributed by atoms with van der Waals surface area (Å²) in [5.41, 5.74) is -0.333. The lowest BCUT2D eigenvalue weighted by atomic mass is 9.61. The molecule has 0 amide bonds. The van der Waals surface area contributed by atoms with Crippen molar-refractivity contribution in [3.8, 4) is 23.0 Å². The van der Waals surface area contributed by atoms with Gasteiger partial charge in [0.15, 0.2) is 0 Å². The highest BCUT2D eigenvalue weighted by Crippen LogP contribution is 2.58. The molecule has 16 heterocycles. The van der Waals surface area contributed by atoms with Crippen molar-refractivity contribution in [1.29, 1.82) is 0 Å². The summed E-state index contributed by atoms with van der Waals surface area (Å²) in [7, 11) is 0. The van der Waals surface area contributed by atoms with Gasteiger partial charge >= 0.3 is 47.8 Å². The average molecular weight is 1030 g/mol. The molecule has 6 aromatic rings. The topological polar surface area (TPSA) is 335 Å². The second-order valence-electron chi connectivity index (χ2n) is 18.5. The Morgan fingerprint density at radius 3 is 0.645 bits per heavy atom. The molecule has 0 saturated heterocycles. The molecule has 380 valence electrons. The Bertz CT molecular complexity index is 3300. The van der Waals surface area contributed by atoms with E-state index in [0.29, 0.717) is 44.5 Å². The SMILES string of the molecule is O=C(O)C1=C(C(=O)O)[C@@H]2c3ccc4cc3[C@H]1c1ccc(cc12)OCc1cc(C(=O)O)c(cc1C(=O)O)COc1ccc2c(c1)[C@@H]1C(C(=O)O)=C(C(=O)O)[C@H]2c2cc(ccc21)OCc1cc(C(=O)O)c(cc1C(=O)O)CO4. The van der Waals surface area contributed by atoms with Crippen molar-refractivity contribution < 1.29 is 98.2 Å². The lowest BCUT2D eigenvalue weighted by Gasteiger charge is -2.41. The number of benzene rings is 6. The van der Waals surface area contributed by atoms with E-state index in [2.05, 4.69) is 0 Å². The van der Waals surface area contributed by atoms with E-state index in [4.69, 9.17) is 18.9 Å². The lowest BCUT2D eigenvalue weighted by molar-refractivity contribution is -0.136. The smallest absolute Gasteiger partial charge is 0.336 e. The number of rotatable bonds is 8. The lowest BCUT2D eigenvalue weighted by Crippen LogP contribution is -2.34. The number of ether oxygens (including phenoxy) is 4. The van der Waals surface area contributed by atoms with Crippen LogP contribution in [0.3, 0.4) is 0 Å². The van der Waals surface area contributed by atoms with Gasteiger partial charge in [0.25, 0.3) is 0 Å². The monoisotopic (exact) mass is 1030 g/mol. The molecule has 0 fully saturated rings. The van der Waals surface area contributed by atoms with Gasteiger partial charge in [-0.2, -0.15) is 0 Å². The molecule has 4 atom stereocenters. The molecule has 16 aliphatic heterocycles. The summed E-state index contributed by atoms with van der Waals surface area (Å²) < 4.78 is 24.3. The number of hydrogen-bond acceptors (Lipinski definition) is 12. The van der Waals surface area contributed by atoms with Crippen molar-refractivity contribution in [3.63, 3.8) is 0 Å². The van der Waals surface area contributed by atoms with Gasteiger partial charge in [-0.25, -0.2) is 38.4 Å². The first-order valence-corrected chi connectivity index (χ1v) is 23.0. The van der Waals surface area contributed by atoms with Gasteiger partial charge in [-0.05, 0) is 117 Å². The highest BCUT2D eigenvalue weighted by atomic mass is 16.5. The van der Waals surface area contributed by atoms with Crippen LogP contribution in [0.15, 0.2) is 119 Å². The minimum Gasteiger partial charge on any atom is -0.489 e. The third-order valence-corrected chi connectivity index (χ3v) is 14.5. The number of carbonyl (C=O) groups is 8. The number of aromatic carboxylic acids is 4. The zero-order chi connectivity index (χ0) is 53.8. The summed E-state index contributed by atoms with van der Waals surface area (Å²) in [6, 6.07) is 22.4. The molecule has 0 aromatic heterocycles. The van der Waals surface area contributed by atoms with Crippen molar-refractivity contribution in [2.45, 2.75) is 50.1 Å². The van der Waals surface area contributed by atoms with Crippen LogP contribution in [0.4, 0.5) is 0 Å². The highest BCUT2D eigenvalue weighted by molar-refractivity contribution is 6.06. The van der Waals surface area contributed by atoms with Crippen LogP contribution in [0.1, 0.15) is 132 Å². The molecule has 8 N–H and O–H groups in total. The van der Waals surface area contributed by atoms with Crippen LogP contribution in [0.25, 0.3) is 0 Å². The Kier molecular flexibility index (Phi) is 11.2. The molecular formula is C56H36O20. The number of carboxylic acid groups (broad SMARTS) is 8. The first-order valence-electron chi connectivity index (χ1n) is 23.0. The van der Waals surface area contributed by atoms with Crippen LogP contribution in [-0.2, 0) is 45.6 Å². The summed E-state index contributed by atoms with van der Waals surface area (Å²) in [5, 5.41) is 83.6. The van der Waals surface area contributed by atoms with E-state index < -0.39 is 120 Å². The first kappa shape index (κ1) is 48.1. The van der Waals surface area contributed by atoms with E-state index >= 15 is 0 Å². The Morgan fingerprint density at radius 2 is 0.474 bits per heavy atom. The molecule has 20 bridgehead atoms. The third-order valence-electron chi connectivity index (χ3n) is 14.5. The van der Waals surface area contributed by atoms with Gasteiger partial charge in [0.1, 0.15) is 49.4 Å². The molecule has 20 heteroatoms. The maximum atomic E-state index is 12.9. The summed E-state index contributed by atoms with van der Waals surface area (Å²) in [6.07, 6.45) is 0. The maximum Gasteiger partial charge on any atom is 0.336 e. The van der Waals surface area contributed by atoms with Gasteiger partial charge < -0.3 is 59.8 Å². The Hall–Kier alpha value is -10.2. The van der Waals surface area contributed by atoms with Crippen molar-refractivity contribution >= 4 is 47.8 Å². The zero-order valence-corrected chi connectivity index (χ0v) is 38.9. The van der Waals surface area contributed by atoms with Crippen LogP contribution in [0, 0.1) is 0 Å². The van der Waals surface area contributed by atoms with Gasteiger partial charge in [0.05, 0.1) is 44.5 Å². The predicted octanol–water partition coefficient (Wildman–Crippen LogP) is 7.22. The number of aliphatic carboxylic acids is 4. The van der Waals surface area contributed by atoms with Crippen LogP contribution in [0.2, 0.25) is 0 Å². The van der Waals surface area contributed by atoms with E-state index in [1.165, 1.54) is 72.8 Å². The maximum absolute atomic E-state index is 12.9. The quantitative estimate of drug-likeness (QED) is 0.0745. The normalized spacial score (nSPS) is 18.4. The van der Waals surface area contributed by atoms with E-state index in [-0.39, 0.29) is 67.5 Å². The zero-order valence-electron chi connectivity index (χ0n) is 38.9. The Balaban J connectivity index is 1.04. The van der Waals surface area contributed by atoms with Crippen molar-refractivity contribution in [2.24, 2.45) is 0 Å². The Morgan fingerprint density at radius 1 is 0.276 bits per heavy atom. The molecule has 22 aliphatic rings. The van der Waals surface area contributed by atoms with Gasteiger partial charge in [-0.15, -0.1) is 0 Å². The molecule has 28 rings (SSSR count). The van der Waals surface area contributed by atoms with E-state index in [9.17, 15) is 79.2 Å². The van der Waals surface area contributed by atoms with Crippen LogP contribution >= 0.6 is 0 Å². The second-order valence-corrected chi connectivity index (χ2v) is 18.5. The molecule has 6 aliphatic carbocycles. The largest absolute Gasteiger partial charge is 0.489 e. The van der Waals surface area contributed by atoms with Gasteiger partial charge in [0.2, 0.25) is 0 Å². The summed E-state index contributed by atoms with van der Waals surface area (Å²) >= 11 is 0. The van der Waals surface area contributed by atoms with Gasteiger partial charge in [0, 0.05) is 45.9 Å². The molecule has 0 unspecified atom stereocenters. The van der Waals surface area contributed by atoms with Gasteiger partial charge in [-0.1, -0.05) is 24.3 Å². The van der Waals surface area contributed by atoms with Crippen LogP contribution < -0.4 is 18.9 Å². The summed E-state index contributed by atoms with van der Waals surface area (Å²) in [5.74, 6) is -16.2. The fourth-order valence-corrected chi connectivity index (χ4v) is 11.4. The molecule has 6 aromatic carbocycles. The van der Waals surface area contributed by atoms with Crippen molar-refractivity contribution in [1.82, 2.24) is 0 Å². The fraction of sp³-hybridized carbons (Fsp3) is 0.143. The van der Waals surface area contributed by atoms with Crippen LogP contribution in [-0.4, -0.2) is 88.6 Å². The van der Waals surface area contributed by atoms with E-state index in [1.54, 1.807) is 0 Å². The average Bonchev–Trinajstić information content (AvgIpc) is 3.54. The molecule has 0 spiro atoms. The van der Waals surface area contributed by atoms with Crippen LogP contribution in [0.5, 0.6) is 23.0 Å². The third kappa shape index (κ3) is 7.60. The van der Waals surface area contributed by atoms with Crippen molar-refractivity contribution in [2.75, 3.05) is 0 Å². The molecule has 76 heavy (non-hydrogen) atoms. The van der Waals surface area contributed by atoms with E-state index in [1.807, 2.05) is 0 Å². The number of hydrogen-bond donors (Lipinski definition) is 8. The standard InChI is InChI=1S/C56H36O20/c57-49(58)33-10-22-18-75-27-3-7-31-39(15-27)43-32-8-4-28(16-40(32)44(31)48(56(71)72)47(43)55(69)70)76-20-24-12-35(51(61)62)23(11-36(24)52(63)64)19-74-26-2-6-30-38(14-26)41-29-5-1-25(73-17-21(33)9-34(22)50(59)60)13-37(29)42(30)46(54(67)68)45(41)53(65)66/h1-16,41-44H,17-20H2,(H,57,58)(H,59,60)(H,61,62)(H,63,64)(H,65,66)(H,67,68)(H,69,70)(H,71,72)/t41-,42-,43-,44-/m1/s1. The molecule has 20 nitrogen and oxygen atoms in total. The van der Waals surface area contributed by atoms with E-state index in [0.717, 1.165) is 24.3 Å². The molecule has 0 radical (unpaired) electrons. The predicted molar refractivity (Wildman–Crippen MR) is 256 cm³/mol. The minimum absolute atomic E-state index is 0.0686.